The Kier molecular flexibility index (Phi) is 11.5. The quantitative estimate of drug-likeness (QED) is 0.223. The van der Waals surface area contributed by atoms with Crippen LogP contribution in [-0.4, -0.2) is 81.1 Å². The van der Waals surface area contributed by atoms with E-state index in [-0.39, 0.29) is 35.3 Å². The number of aromatic nitrogens is 3. The number of nitrogens with one attached hydrogen (secondary N) is 1. The monoisotopic (exact) mass is 598 g/mol. The number of nitrogens with zero attached hydrogens (tertiary/aromatic N) is 2. The van der Waals surface area contributed by atoms with Crippen molar-refractivity contribution in [1.29, 1.82) is 0 Å². The van der Waals surface area contributed by atoms with Gasteiger partial charge in [-0.3, -0.25) is 14.0 Å². The van der Waals surface area contributed by atoms with E-state index in [4.69, 9.17) is 19.3 Å². The molecule has 1 radical (unpaired) electrons. The number of methoxy groups -OCH3 is 3. The first-order valence-electron chi connectivity index (χ1n) is 12.9. The molecule has 1 unspecified atom stereocenters. The van der Waals surface area contributed by atoms with Gasteiger partial charge in [0.1, 0.15) is 17.2 Å². The number of carbonyl (C=O) groups is 1. The van der Waals surface area contributed by atoms with E-state index in [0.717, 1.165) is 61.4 Å². The minimum absolute atomic E-state index is 0. The average molecular weight is 599 g/mol. The molecule has 2 N–H and O–H groups in total. The third-order valence-corrected chi connectivity index (χ3v) is 8.00. The van der Waals surface area contributed by atoms with E-state index < -0.39 is 22.7 Å². The molecule has 0 spiro atoms. The standard InChI is InChI=1S/C17H19N3O3S.C14H14O3.Na/c1-10-8-18-15(11(2)16(10)23-4)9-24(21)17-19-13-6-5-12(22-3)7-14(13)20-17;1-9(14(15)16)10-3-4-12-8-13(17-2)6-5-11(12)7-10;/h5-8H,9H2,1-4H3,(H,19,20);3-9H,1-2H3,(H,15,16);/t;9-;/m.0./s1. The van der Waals surface area contributed by atoms with Gasteiger partial charge in [-0.25, -0.2) is 4.98 Å². The zero-order valence-electron chi connectivity index (χ0n) is 24.8. The van der Waals surface area contributed by atoms with E-state index in [0.29, 0.717) is 5.16 Å². The van der Waals surface area contributed by atoms with E-state index in [1.807, 2.05) is 68.4 Å². The number of benzene rings is 3. The Bertz CT molecular complexity index is 1740. The first-order chi connectivity index (χ1) is 19.6. The minimum Gasteiger partial charge on any atom is -0.497 e. The molecule has 0 aliphatic rings. The van der Waals surface area contributed by atoms with Gasteiger partial charge in [-0.05, 0) is 61.4 Å². The Morgan fingerprint density at radius 3 is 2.26 bits per heavy atom. The third kappa shape index (κ3) is 7.49. The van der Waals surface area contributed by atoms with Gasteiger partial charge in [-0.15, -0.1) is 0 Å². The molecule has 2 heterocycles. The van der Waals surface area contributed by atoms with E-state index in [1.165, 1.54) is 0 Å². The Morgan fingerprint density at radius 2 is 1.60 bits per heavy atom. The molecule has 0 amide bonds. The van der Waals surface area contributed by atoms with Crippen LogP contribution in [0.5, 0.6) is 17.2 Å². The summed E-state index contributed by atoms with van der Waals surface area (Å²) in [5, 5.41) is 11.5. The van der Waals surface area contributed by atoms with Gasteiger partial charge in [-0.1, -0.05) is 24.3 Å². The fourth-order valence-electron chi connectivity index (χ4n) is 4.39. The summed E-state index contributed by atoms with van der Waals surface area (Å²) in [6.45, 7) is 5.55. The van der Waals surface area contributed by atoms with Crippen LogP contribution in [0.2, 0.25) is 0 Å². The van der Waals surface area contributed by atoms with Gasteiger partial charge in [0.2, 0.25) is 0 Å². The molecule has 5 aromatic rings. The fraction of sp³-hybridized carbons (Fsp3) is 0.258. The molecule has 3 aromatic carbocycles. The topological polar surface area (TPSA) is 124 Å². The van der Waals surface area contributed by atoms with Crippen LogP contribution in [0.3, 0.4) is 0 Å². The number of carboxylic acid groups (broad SMARTS) is 1. The van der Waals surface area contributed by atoms with E-state index >= 15 is 0 Å². The second-order valence-electron chi connectivity index (χ2n) is 9.49. The first kappa shape index (κ1) is 33.1. The summed E-state index contributed by atoms with van der Waals surface area (Å²) in [4.78, 5) is 22.8. The molecule has 2 atom stereocenters. The largest absolute Gasteiger partial charge is 0.497 e. The third-order valence-electron chi connectivity index (χ3n) is 6.84. The molecule has 9 nitrogen and oxygen atoms in total. The normalized spacial score (nSPS) is 12.0. The summed E-state index contributed by atoms with van der Waals surface area (Å²) < 4.78 is 28.4. The van der Waals surface area contributed by atoms with Gasteiger partial charge >= 0.3 is 5.97 Å². The number of imidazole rings is 1. The summed E-state index contributed by atoms with van der Waals surface area (Å²) in [7, 11) is 3.53. The van der Waals surface area contributed by atoms with Gasteiger partial charge in [0.25, 0.3) is 0 Å². The summed E-state index contributed by atoms with van der Waals surface area (Å²) in [6, 6.07) is 16.9. The summed E-state index contributed by atoms with van der Waals surface area (Å²) >= 11 is 0. The predicted molar refractivity (Wildman–Crippen MR) is 165 cm³/mol. The smallest absolute Gasteiger partial charge is 0.310 e. The number of H-pyrrole nitrogens is 1. The van der Waals surface area contributed by atoms with Crippen molar-refractivity contribution in [3.05, 3.63) is 83.2 Å². The van der Waals surface area contributed by atoms with Crippen LogP contribution in [-0.2, 0) is 21.3 Å². The zero-order chi connectivity index (χ0) is 29.7. The summed E-state index contributed by atoms with van der Waals surface area (Å²) in [6.07, 6.45) is 1.74. The van der Waals surface area contributed by atoms with Gasteiger partial charge in [0, 0.05) is 52.9 Å². The van der Waals surface area contributed by atoms with Gasteiger partial charge in [0.05, 0.1) is 60.5 Å². The SMILES string of the molecule is COc1ccc2cc([C@H](C)C(=O)O)ccc2c1.COc1ccc2nc(S(=O)Cc3ncc(C)c(OC)c3C)[nH]c2c1.[Na]. The van der Waals surface area contributed by atoms with Crippen LogP contribution in [0.15, 0.2) is 66.0 Å². The van der Waals surface area contributed by atoms with Crippen molar-refractivity contribution >= 4 is 68.1 Å². The molecule has 0 aliphatic carbocycles. The van der Waals surface area contributed by atoms with E-state index in [2.05, 4.69) is 15.0 Å². The van der Waals surface area contributed by atoms with Crippen molar-refractivity contribution in [3.8, 4) is 17.2 Å². The van der Waals surface area contributed by atoms with Crippen LogP contribution in [0.1, 0.15) is 35.2 Å². The minimum atomic E-state index is -1.33. The predicted octanol–water partition coefficient (Wildman–Crippen LogP) is 5.56. The molecule has 2 aromatic heterocycles. The summed E-state index contributed by atoms with van der Waals surface area (Å²) in [5.41, 5.74) is 4.97. The first-order valence-corrected chi connectivity index (χ1v) is 14.2. The van der Waals surface area contributed by atoms with Crippen molar-refractivity contribution in [1.82, 2.24) is 15.0 Å². The number of ether oxygens (including phenoxy) is 3. The molecule has 0 fully saturated rings. The van der Waals surface area contributed by atoms with Crippen LogP contribution in [0.25, 0.3) is 21.8 Å². The molecule has 0 saturated carbocycles. The molecule has 0 aliphatic heterocycles. The molecular weight excluding hydrogens is 565 g/mol. The maximum absolute atomic E-state index is 12.7. The van der Waals surface area contributed by atoms with Crippen LogP contribution >= 0.6 is 0 Å². The molecular formula is C31H33N3NaO6S. The van der Waals surface area contributed by atoms with Gasteiger partial charge in [0.15, 0.2) is 5.16 Å². The zero-order valence-corrected chi connectivity index (χ0v) is 27.7. The number of pyridine rings is 1. The Balaban J connectivity index is 0.000000238. The van der Waals surface area contributed by atoms with Crippen molar-refractivity contribution in [3.63, 3.8) is 0 Å². The number of fused-ring (bicyclic) bond motifs is 2. The number of aliphatic carboxylic acids is 1. The van der Waals surface area contributed by atoms with Crippen molar-refractivity contribution in [2.45, 2.75) is 37.6 Å². The maximum atomic E-state index is 12.7. The molecule has 0 saturated heterocycles. The summed E-state index contributed by atoms with van der Waals surface area (Å²) in [5.74, 6) is 1.30. The van der Waals surface area contributed by atoms with Gasteiger partial charge in [-0.2, -0.15) is 0 Å². The van der Waals surface area contributed by atoms with Crippen LogP contribution < -0.4 is 14.2 Å². The number of aromatic amines is 1. The Morgan fingerprint density at radius 1 is 0.952 bits per heavy atom. The number of carboxylic acids is 1. The van der Waals surface area contributed by atoms with Crippen molar-refractivity contribution in [2.75, 3.05) is 21.3 Å². The molecule has 0 bridgehead atoms. The van der Waals surface area contributed by atoms with Crippen LogP contribution in [0, 0.1) is 13.8 Å². The molecule has 42 heavy (non-hydrogen) atoms. The fourth-order valence-corrected chi connectivity index (χ4v) is 5.49. The van der Waals surface area contributed by atoms with Crippen molar-refractivity contribution in [2.24, 2.45) is 0 Å². The van der Waals surface area contributed by atoms with Gasteiger partial charge < -0.3 is 24.3 Å². The van der Waals surface area contributed by atoms with Crippen molar-refractivity contribution < 1.29 is 28.3 Å². The number of hydrogen-bond acceptors (Lipinski definition) is 7. The Labute approximate surface area is 269 Å². The maximum Gasteiger partial charge on any atom is 0.310 e. The number of aryl methyl sites for hydroxylation is 1. The molecule has 11 heteroatoms. The molecule has 215 valence electrons. The second kappa shape index (κ2) is 14.6. The van der Waals surface area contributed by atoms with E-state index in [1.54, 1.807) is 34.4 Å². The average Bonchev–Trinajstić information content (AvgIpc) is 3.42. The van der Waals surface area contributed by atoms with Crippen LogP contribution in [0.4, 0.5) is 0 Å². The second-order valence-corrected chi connectivity index (χ2v) is 10.9. The molecule has 5 rings (SSSR count). The Hall–Kier alpha value is -3.44. The number of rotatable bonds is 8. The number of hydrogen-bond donors (Lipinski definition) is 2. The van der Waals surface area contributed by atoms with E-state index in [9.17, 15) is 9.00 Å².